The van der Waals surface area contributed by atoms with Gasteiger partial charge in [0.05, 0.1) is 12.6 Å². The molecule has 2 aliphatic heterocycles. The van der Waals surface area contributed by atoms with Gasteiger partial charge in [0.25, 0.3) is 0 Å². The number of nitrogens with zero attached hydrogens (tertiary/aromatic N) is 4. The Balaban J connectivity index is 1.11. The molecule has 2 saturated carbocycles. The van der Waals surface area contributed by atoms with E-state index in [1.165, 1.54) is 62.6 Å². The first-order chi connectivity index (χ1) is 16.5. The lowest BCUT2D eigenvalue weighted by Crippen LogP contribution is -2.60. The Morgan fingerprint density at radius 2 is 1.63 bits per heavy atom. The largest absolute Gasteiger partial charge is 0.444 e. The molecular weight excluding hydrogens is 555 g/mol. The van der Waals surface area contributed by atoms with Crippen LogP contribution in [0.2, 0.25) is 0 Å². The van der Waals surface area contributed by atoms with Crippen molar-refractivity contribution in [2.45, 2.75) is 104 Å². The van der Waals surface area contributed by atoms with Gasteiger partial charge in [-0.25, -0.2) is 4.79 Å². The van der Waals surface area contributed by atoms with Gasteiger partial charge in [0, 0.05) is 49.7 Å². The Hall–Kier alpha value is -1.32. The number of carbonyl (C=O) groups is 2. The Morgan fingerprint density at radius 1 is 1.00 bits per heavy atom. The molecule has 0 bridgehead atoms. The molecule has 1 saturated heterocycles. The second-order valence-corrected chi connectivity index (χ2v) is 13.6. The molecule has 0 N–H and O–H groups in total. The highest BCUT2D eigenvalue weighted by Crippen LogP contribution is 2.50. The first-order valence-corrected chi connectivity index (χ1v) is 14.6. The number of halogens is 1. The predicted molar refractivity (Wildman–Crippen MR) is 143 cm³/mol. The van der Waals surface area contributed by atoms with Crippen LogP contribution < -0.4 is 0 Å². The van der Waals surface area contributed by atoms with E-state index in [-0.39, 0.29) is 12.0 Å². The van der Waals surface area contributed by atoms with Crippen LogP contribution in [0.5, 0.6) is 0 Å². The number of ether oxygens (including phenoxy) is 1. The van der Waals surface area contributed by atoms with E-state index in [2.05, 4.69) is 27.3 Å². The maximum Gasteiger partial charge on any atom is 0.410 e. The average molecular weight is 597 g/mol. The molecule has 0 aromatic carbocycles. The lowest BCUT2D eigenvalue weighted by Gasteiger charge is -2.54. The maximum atomic E-state index is 12.3. The van der Waals surface area contributed by atoms with Gasteiger partial charge in [-0.1, -0.05) is 0 Å². The van der Waals surface area contributed by atoms with Crippen LogP contribution in [0.4, 0.5) is 4.79 Å². The van der Waals surface area contributed by atoms with E-state index in [4.69, 9.17) is 9.84 Å². The predicted octanol–water partition coefficient (Wildman–Crippen LogP) is 5.55. The van der Waals surface area contributed by atoms with E-state index in [0.717, 1.165) is 41.6 Å². The number of hydrogen-bond acceptors (Lipinski definition) is 4. The van der Waals surface area contributed by atoms with Gasteiger partial charge < -0.3 is 14.5 Å². The van der Waals surface area contributed by atoms with Crippen LogP contribution in [-0.4, -0.2) is 56.8 Å². The number of hydrogen-bond donors (Lipinski definition) is 0. The van der Waals surface area contributed by atoms with Gasteiger partial charge >= 0.3 is 6.09 Å². The molecular formula is C27H41IN4O3. The molecule has 4 aliphatic rings. The third-order valence-corrected chi connectivity index (χ3v) is 9.90. The zero-order chi connectivity index (χ0) is 25.0. The number of rotatable bonds is 2. The fourth-order valence-electron chi connectivity index (χ4n) is 7.05. The van der Waals surface area contributed by atoms with Crippen LogP contribution in [0, 0.1) is 21.0 Å². The summed E-state index contributed by atoms with van der Waals surface area (Å²) < 4.78 is 8.96. The third kappa shape index (κ3) is 5.23. The second-order valence-electron chi connectivity index (χ2n) is 12.6. The van der Waals surface area contributed by atoms with Crippen molar-refractivity contribution in [2.24, 2.45) is 17.3 Å². The molecule has 8 heteroatoms. The number of aromatic nitrogens is 2. The van der Waals surface area contributed by atoms with Crippen LogP contribution in [0.1, 0.15) is 96.4 Å². The van der Waals surface area contributed by atoms with E-state index in [0.29, 0.717) is 18.0 Å². The Morgan fingerprint density at radius 3 is 2.23 bits per heavy atom. The molecule has 194 valence electrons. The zero-order valence-corrected chi connectivity index (χ0v) is 24.0. The SMILES string of the molecule is CC(=O)N1CCc2c(c(I)nn2C2CCC(C3CCC4(CC3)CN(C(=O)OC(C)(C)C)C4)CC2)C1. The van der Waals surface area contributed by atoms with Gasteiger partial charge in [0.1, 0.15) is 9.30 Å². The summed E-state index contributed by atoms with van der Waals surface area (Å²) in [7, 11) is 0. The number of likely N-dealkylation sites (tertiary alicyclic amines) is 1. The van der Waals surface area contributed by atoms with Crippen molar-refractivity contribution in [1.29, 1.82) is 0 Å². The molecule has 0 radical (unpaired) electrons. The fraction of sp³-hybridized carbons (Fsp3) is 0.815. The van der Waals surface area contributed by atoms with Crippen LogP contribution >= 0.6 is 22.6 Å². The van der Waals surface area contributed by atoms with Crippen molar-refractivity contribution >= 4 is 34.6 Å². The molecule has 5 rings (SSSR count). The minimum absolute atomic E-state index is 0.145. The summed E-state index contributed by atoms with van der Waals surface area (Å²) in [4.78, 5) is 28.0. The molecule has 1 aromatic rings. The van der Waals surface area contributed by atoms with Crippen molar-refractivity contribution in [3.8, 4) is 0 Å². The van der Waals surface area contributed by atoms with Crippen molar-refractivity contribution < 1.29 is 14.3 Å². The Bertz CT molecular complexity index is 960. The first kappa shape index (κ1) is 25.3. The summed E-state index contributed by atoms with van der Waals surface area (Å²) in [5.74, 6) is 1.84. The van der Waals surface area contributed by atoms with Crippen molar-refractivity contribution in [2.75, 3.05) is 19.6 Å². The van der Waals surface area contributed by atoms with E-state index >= 15 is 0 Å². The minimum atomic E-state index is -0.418. The minimum Gasteiger partial charge on any atom is -0.444 e. The van der Waals surface area contributed by atoms with Gasteiger partial charge in [-0.2, -0.15) is 5.10 Å². The van der Waals surface area contributed by atoms with E-state index < -0.39 is 5.60 Å². The summed E-state index contributed by atoms with van der Waals surface area (Å²) in [6.07, 6.45) is 11.0. The van der Waals surface area contributed by atoms with Crippen molar-refractivity contribution in [1.82, 2.24) is 19.6 Å². The van der Waals surface area contributed by atoms with Gasteiger partial charge in [-0.05, 0) is 107 Å². The molecule has 3 heterocycles. The molecule has 2 aliphatic carbocycles. The van der Waals surface area contributed by atoms with Crippen LogP contribution in [-0.2, 0) is 22.5 Å². The highest BCUT2D eigenvalue weighted by Gasteiger charge is 2.49. The molecule has 1 spiro atoms. The van der Waals surface area contributed by atoms with Gasteiger partial charge in [-0.15, -0.1) is 0 Å². The summed E-state index contributed by atoms with van der Waals surface area (Å²) in [5.41, 5.74) is 2.57. The van der Waals surface area contributed by atoms with Crippen LogP contribution in [0.25, 0.3) is 0 Å². The second kappa shape index (κ2) is 9.53. The number of amides is 2. The Labute approximate surface area is 223 Å². The average Bonchev–Trinajstić information content (AvgIpc) is 3.12. The summed E-state index contributed by atoms with van der Waals surface area (Å²) in [5, 5.41) is 4.95. The van der Waals surface area contributed by atoms with Crippen molar-refractivity contribution in [3.63, 3.8) is 0 Å². The van der Waals surface area contributed by atoms with Gasteiger partial charge in [-0.3, -0.25) is 9.48 Å². The van der Waals surface area contributed by atoms with Gasteiger partial charge in [0.15, 0.2) is 0 Å². The molecule has 35 heavy (non-hydrogen) atoms. The van der Waals surface area contributed by atoms with Crippen LogP contribution in [0.15, 0.2) is 0 Å². The molecule has 0 unspecified atom stereocenters. The standard InChI is InChI=1S/C27H41IN4O3/c1-18(33)30-14-11-23-22(15-30)24(28)29-32(23)21-7-5-19(6-8-21)20-9-12-27(13-10-20)16-31(17-27)25(34)35-26(2,3)4/h19-21H,5-17H2,1-4H3. The van der Waals surface area contributed by atoms with Gasteiger partial charge in [0.2, 0.25) is 5.91 Å². The normalized spacial score (nSPS) is 26.9. The summed E-state index contributed by atoms with van der Waals surface area (Å²) in [6.45, 7) is 10.8. The quantitative estimate of drug-likeness (QED) is 0.420. The third-order valence-electron chi connectivity index (χ3n) is 9.03. The first-order valence-electron chi connectivity index (χ1n) is 13.5. The highest BCUT2D eigenvalue weighted by atomic mass is 127. The molecule has 1 aromatic heterocycles. The van der Waals surface area contributed by atoms with E-state index in [1.807, 2.05) is 30.6 Å². The Kier molecular flexibility index (Phi) is 6.89. The smallest absolute Gasteiger partial charge is 0.410 e. The lowest BCUT2D eigenvalue weighted by atomic mass is 9.62. The summed E-state index contributed by atoms with van der Waals surface area (Å²) >= 11 is 2.35. The highest BCUT2D eigenvalue weighted by molar-refractivity contribution is 14.1. The number of fused-ring (bicyclic) bond motifs is 1. The van der Waals surface area contributed by atoms with E-state index in [9.17, 15) is 9.59 Å². The molecule has 7 nitrogen and oxygen atoms in total. The molecule has 3 fully saturated rings. The van der Waals surface area contributed by atoms with Crippen molar-refractivity contribution in [3.05, 3.63) is 15.0 Å². The fourth-order valence-corrected chi connectivity index (χ4v) is 7.77. The van der Waals surface area contributed by atoms with Crippen LogP contribution in [0.3, 0.4) is 0 Å². The number of carbonyl (C=O) groups excluding carboxylic acids is 2. The maximum absolute atomic E-state index is 12.3. The monoisotopic (exact) mass is 596 g/mol. The lowest BCUT2D eigenvalue weighted by molar-refractivity contribution is -0.129. The topological polar surface area (TPSA) is 67.7 Å². The zero-order valence-electron chi connectivity index (χ0n) is 21.8. The molecule has 0 atom stereocenters. The van der Waals surface area contributed by atoms with E-state index in [1.54, 1.807) is 6.92 Å². The molecule has 2 amide bonds. The summed E-state index contributed by atoms with van der Waals surface area (Å²) in [6, 6.07) is 0.511.